The van der Waals surface area contributed by atoms with Gasteiger partial charge in [-0.25, -0.2) is 4.98 Å². The zero-order valence-corrected chi connectivity index (χ0v) is 15.7. The summed E-state index contributed by atoms with van der Waals surface area (Å²) in [6.07, 6.45) is 0.106. The van der Waals surface area contributed by atoms with Crippen LogP contribution in [0.3, 0.4) is 0 Å². The molecule has 1 N–H and O–H groups in total. The van der Waals surface area contributed by atoms with Gasteiger partial charge in [-0.15, -0.1) is 11.3 Å². The van der Waals surface area contributed by atoms with Crippen molar-refractivity contribution in [1.82, 2.24) is 10.3 Å². The molecule has 1 atom stereocenters. The predicted molar refractivity (Wildman–Crippen MR) is 105 cm³/mol. The number of fused-ring (bicyclic) bond motifs is 2. The van der Waals surface area contributed by atoms with E-state index in [4.69, 9.17) is 4.74 Å². The van der Waals surface area contributed by atoms with Crippen molar-refractivity contribution in [2.45, 2.75) is 19.4 Å². The van der Waals surface area contributed by atoms with Gasteiger partial charge in [0.05, 0.1) is 28.0 Å². The molecule has 1 aromatic heterocycles. The molecule has 7 heteroatoms. The molecule has 6 nitrogen and oxygen atoms in total. The number of aromatic nitrogens is 1. The quantitative estimate of drug-likeness (QED) is 0.753. The lowest BCUT2D eigenvalue weighted by molar-refractivity contribution is -0.127. The molecule has 0 saturated carbocycles. The lowest BCUT2D eigenvalue weighted by Gasteiger charge is -2.34. The van der Waals surface area contributed by atoms with Gasteiger partial charge in [0.1, 0.15) is 5.75 Å². The molecular weight excluding hydrogens is 362 g/mol. The predicted octanol–water partition coefficient (Wildman–Crippen LogP) is 3.23. The number of nitrogens with one attached hydrogen (secondary N) is 1. The van der Waals surface area contributed by atoms with Gasteiger partial charge in [-0.2, -0.15) is 0 Å². The van der Waals surface area contributed by atoms with E-state index in [0.717, 1.165) is 16.6 Å². The van der Waals surface area contributed by atoms with E-state index in [-0.39, 0.29) is 18.4 Å². The maximum Gasteiger partial charge on any atom is 0.262 e. The number of nitrogens with zero attached hydrogens (tertiary/aromatic N) is 2. The van der Waals surface area contributed by atoms with Gasteiger partial charge in [-0.05, 0) is 36.8 Å². The average molecular weight is 381 g/mol. The highest BCUT2D eigenvalue weighted by Gasteiger charge is 2.34. The van der Waals surface area contributed by atoms with Crippen molar-refractivity contribution < 1.29 is 14.3 Å². The lowest BCUT2D eigenvalue weighted by Crippen LogP contribution is -2.50. The molecule has 0 radical (unpaired) electrons. The van der Waals surface area contributed by atoms with Gasteiger partial charge in [-0.1, -0.05) is 19.1 Å². The molecule has 27 heavy (non-hydrogen) atoms. The fraction of sp³-hybridized carbons (Fsp3) is 0.250. The molecule has 0 aliphatic carbocycles. The van der Waals surface area contributed by atoms with Gasteiger partial charge >= 0.3 is 0 Å². The summed E-state index contributed by atoms with van der Waals surface area (Å²) in [5.41, 5.74) is 3.87. The molecule has 1 aliphatic heterocycles. The third kappa shape index (κ3) is 3.38. The summed E-state index contributed by atoms with van der Waals surface area (Å²) in [4.78, 5) is 31.5. The number of anilines is 1. The summed E-state index contributed by atoms with van der Waals surface area (Å²) in [5, 5.41) is 2.84. The Hall–Kier alpha value is -2.93. The molecule has 138 valence electrons. The highest BCUT2D eigenvalue weighted by Crippen LogP contribution is 2.34. The van der Waals surface area contributed by atoms with Crippen LogP contribution in [-0.4, -0.2) is 36.0 Å². The second-order valence-electron chi connectivity index (χ2n) is 6.32. The van der Waals surface area contributed by atoms with Crippen LogP contribution in [0, 0.1) is 0 Å². The average Bonchev–Trinajstić information content (AvgIpc) is 3.18. The van der Waals surface area contributed by atoms with E-state index in [1.807, 2.05) is 37.3 Å². The van der Waals surface area contributed by atoms with Crippen LogP contribution in [0.1, 0.15) is 23.7 Å². The first-order valence-electron chi connectivity index (χ1n) is 8.86. The van der Waals surface area contributed by atoms with Gasteiger partial charge in [0, 0.05) is 12.1 Å². The monoisotopic (exact) mass is 381 g/mol. The molecule has 4 rings (SSSR count). The van der Waals surface area contributed by atoms with Crippen LogP contribution in [0.5, 0.6) is 5.75 Å². The van der Waals surface area contributed by atoms with E-state index in [0.29, 0.717) is 23.5 Å². The summed E-state index contributed by atoms with van der Waals surface area (Å²) >= 11 is 1.50. The van der Waals surface area contributed by atoms with Crippen molar-refractivity contribution in [1.29, 1.82) is 0 Å². The Morgan fingerprint density at radius 1 is 1.30 bits per heavy atom. The third-order valence-corrected chi connectivity index (χ3v) is 5.23. The molecule has 0 saturated heterocycles. The van der Waals surface area contributed by atoms with E-state index >= 15 is 0 Å². The Morgan fingerprint density at radius 3 is 3.00 bits per heavy atom. The summed E-state index contributed by atoms with van der Waals surface area (Å²) in [6, 6.07) is 12.8. The van der Waals surface area contributed by atoms with Gasteiger partial charge in [0.15, 0.2) is 6.10 Å². The van der Waals surface area contributed by atoms with Crippen molar-refractivity contribution in [3.63, 3.8) is 0 Å². The molecule has 0 spiro atoms. The number of benzene rings is 2. The van der Waals surface area contributed by atoms with Crippen molar-refractivity contribution >= 4 is 39.1 Å². The number of rotatable bonds is 4. The van der Waals surface area contributed by atoms with Gasteiger partial charge < -0.3 is 15.0 Å². The highest BCUT2D eigenvalue weighted by atomic mass is 32.1. The Bertz CT molecular complexity index is 1000. The minimum Gasteiger partial charge on any atom is -0.477 e. The lowest BCUT2D eigenvalue weighted by atomic mass is 10.1. The maximum absolute atomic E-state index is 13.2. The molecule has 0 fully saturated rings. The summed E-state index contributed by atoms with van der Waals surface area (Å²) < 4.78 is 6.81. The van der Waals surface area contributed by atoms with E-state index in [1.54, 1.807) is 22.5 Å². The van der Waals surface area contributed by atoms with Crippen molar-refractivity contribution in [3.8, 4) is 5.75 Å². The van der Waals surface area contributed by atoms with Gasteiger partial charge in [0.2, 0.25) is 0 Å². The van der Waals surface area contributed by atoms with Crippen molar-refractivity contribution in [2.75, 3.05) is 18.0 Å². The maximum atomic E-state index is 13.2. The minimum absolute atomic E-state index is 0.158. The first-order chi connectivity index (χ1) is 13.2. The standard InChI is InChI=1S/C20H19N3O3S/c1-2-9-21-19(24)17-11-23(15-5-3-4-6-16(15)26-17)20(25)13-7-8-14-18(10-13)27-12-22-14/h3-8,10,12,17H,2,9,11H2,1H3,(H,21,24). The van der Waals surface area contributed by atoms with Crippen molar-refractivity contribution in [3.05, 3.63) is 53.5 Å². The van der Waals surface area contributed by atoms with Crippen LogP contribution in [0.2, 0.25) is 0 Å². The van der Waals surface area contributed by atoms with E-state index in [9.17, 15) is 9.59 Å². The summed E-state index contributed by atoms with van der Waals surface area (Å²) in [7, 11) is 0. The first kappa shape index (κ1) is 17.5. The van der Waals surface area contributed by atoms with Crippen LogP contribution in [0.25, 0.3) is 10.2 Å². The van der Waals surface area contributed by atoms with E-state index in [1.165, 1.54) is 11.3 Å². The molecule has 1 aliphatic rings. The summed E-state index contributed by atoms with van der Waals surface area (Å²) in [6.45, 7) is 2.74. The van der Waals surface area contributed by atoms with Crippen LogP contribution in [0.15, 0.2) is 48.0 Å². The first-order valence-corrected chi connectivity index (χ1v) is 9.74. The Kier molecular flexibility index (Phi) is 4.77. The number of para-hydroxylation sites is 2. The largest absolute Gasteiger partial charge is 0.477 e. The number of ether oxygens (including phenoxy) is 1. The van der Waals surface area contributed by atoms with Crippen LogP contribution < -0.4 is 15.0 Å². The normalized spacial score (nSPS) is 15.9. The van der Waals surface area contributed by atoms with E-state index in [2.05, 4.69) is 10.3 Å². The van der Waals surface area contributed by atoms with E-state index < -0.39 is 6.10 Å². The molecule has 2 heterocycles. The van der Waals surface area contributed by atoms with Gasteiger partial charge in [0.25, 0.3) is 11.8 Å². The SMILES string of the molecule is CCCNC(=O)C1CN(C(=O)c2ccc3ncsc3c2)c2ccccc2O1. The molecule has 2 aromatic carbocycles. The minimum atomic E-state index is -0.734. The zero-order valence-electron chi connectivity index (χ0n) is 14.8. The smallest absolute Gasteiger partial charge is 0.262 e. The molecule has 1 unspecified atom stereocenters. The Balaban J connectivity index is 1.66. The van der Waals surface area contributed by atoms with Crippen LogP contribution >= 0.6 is 11.3 Å². The molecule has 3 aromatic rings. The van der Waals surface area contributed by atoms with Crippen molar-refractivity contribution in [2.24, 2.45) is 0 Å². The number of hydrogen-bond acceptors (Lipinski definition) is 5. The van der Waals surface area contributed by atoms with Gasteiger partial charge in [-0.3, -0.25) is 9.59 Å². The number of amides is 2. The van der Waals surface area contributed by atoms with Crippen LogP contribution in [-0.2, 0) is 4.79 Å². The molecule has 2 amide bonds. The zero-order chi connectivity index (χ0) is 18.8. The molecule has 0 bridgehead atoms. The number of hydrogen-bond donors (Lipinski definition) is 1. The Morgan fingerprint density at radius 2 is 2.15 bits per heavy atom. The Labute approximate surface area is 160 Å². The molecular formula is C20H19N3O3S. The fourth-order valence-corrected chi connectivity index (χ4v) is 3.79. The summed E-state index contributed by atoms with van der Waals surface area (Å²) in [5.74, 6) is 0.170. The topological polar surface area (TPSA) is 71.5 Å². The third-order valence-electron chi connectivity index (χ3n) is 4.44. The second-order valence-corrected chi connectivity index (χ2v) is 7.20. The fourth-order valence-electron chi connectivity index (χ4n) is 3.07. The number of carbonyl (C=O) groups is 2. The number of thiazole rings is 1. The second kappa shape index (κ2) is 7.36. The number of carbonyl (C=O) groups excluding carboxylic acids is 2. The highest BCUT2D eigenvalue weighted by molar-refractivity contribution is 7.16. The van der Waals surface area contributed by atoms with Crippen LogP contribution in [0.4, 0.5) is 5.69 Å².